The Labute approximate surface area is 102 Å². The number of benzene rings is 2. The number of aliphatic hydroxyl groups is 1. The van der Waals surface area contributed by atoms with E-state index in [1.807, 2.05) is 18.2 Å². The number of anilines is 1. The van der Waals surface area contributed by atoms with Gasteiger partial charge in [-0.1, -0.05) is 42.5 Å². The molecule has 0 heterocycles. The Balaban J connectivity index is 1.98. The van der Waals surface area contributed by atoms with Crippen LogP contribution in [0, 0.1) is 0 Å². The lowest BCUT2D eigenvalue weighted by atomic mass is 10.0. The van der Waals surface area contributed by atoms with Crippen LogP contribution in [-0.2, 0) is 6.42 Å². The van der Waals surface area contributed by atoms with Gasteiger partial charge in [-0.15, -0.1) is 0 Å². The lowest BCUT2D eigenvalue weighted by Gasteiger charge is -2.06. The van der Waals surface area contributed by atoms with Crippen LogP contribution < -0.4 is 5.32 Å². The van der Waals surface area contributed by atoms with Crippen LogP contribution in [0.15, 0.2) is 54.6 Å². The zero-order chi connectivity index (χ0) is 11.9. The van der Waals surface area contributed by atoms with Gasteiger partial charge >= 0.3 is 0 Å². The van der Waals surface area contributed by atoms with Gasteiger partial charge < -0.3 is 10.4 Å². The maximum atomic E-state index is 8.71. The van der Waals surface area contributed by atoms with Gasteiger partial charge in [0.15, 0.2) is 0 Å². The second-order valence-electron chi connectivity index (χ2n) is 4.01. The molecule has 0 saturated carbocycles. The highest BCUT2D eigenvalue weighted by molar-refractivity contribution is 5.45. The minimum atomic E-state index is 0.158. The minimum Gasteiger partial charge on any atom is -0.395 e. The summed E-state index contributed by atoms with van der Waals surface area (Å²) in [6, 6.07) is 18.8. The van der Waals surface area contributed by atoms with Gasteiger partial charge in [-0.3, -0.25) is 0 Å². The topological polar surface area (TPSA) is 32.3 Å². The predicted molar refractivity (Wildman–Crippen MR) is 71.3 cm³/mol. The Morgan fingerprint density at radius 2 is 1.47 bits per heavy atom. The molecule has 0 radical (unpaired) electrons. The summed E-state index contributed by atoms with van der Waals surface area (Å²) in [5.74, 6) is 0. The fourth-order valence-electron chi connectivity index (χ4n) is 1.77. The highest BCUT2D eigenvalue weighted by Crippen LogP contribution is 2.13. The third-order valence-corrected chi connectivity index (χ3v) is 2.65. The van der Waals surface area contributed by atoms with Crippen molar-refractivity contribution in [1.29, 1.82) is 0 Å². The van der Waals surface area contributed by atoms with Crippen LogP contribution in [0.4, 0.5) is 5.69 Å². The zero-order valence-electron chi connectivity index (χ0n) is 9.76. The average molecular weight is 227 g/mol. The van der Waals surface area contributed by atoms with Crippen molar-refractivity contribution in [2.75, 3.05) is 18.5 Å². The molecule has 0 saturated heterocycles. The van der Waals surface area contributed by atoms with Crippen molar-refractivity contribution in [1.82, 2.24) is 0 Å². The molecule has 2 N–H and O–H groups in total. The first kappa shape index (κ1) is 11.7. The van der Waals surface area contributed by atoms with Gasteiger partial charge in [-0.25, -0.2) is 0 Å². The molecule has 17 heavy (non-hydrogen) atoms. The van der Waals surface area contributed by atoms with E-state index in [1.165, 1.54) is 11.1 Å². The zero-order valence-corrected chi connectivity index (χ0v) is 9.76. The fraction of sp³-hybridized carbons (Fsp3) is 0.200. The van der Waals surface area contributed by atoms with E-state index in [0.29, 0.717) is 6.54 Å². The highest BCUT2D eigenvalue weighted by atomic mass is 16.3. The summed E-state index contributed by atoms with van der Waals surface area (Å²) >= 11 is 0. The molecule has 2 rings (SSSR count). The van der Waals surface area contributed by atoms with E-state index in [0.717, 1.165) is 12.1 Å². The standard InChI is InChI=1S/C15H17NO/c17-11-10-16-15-8-6-14(7-9-15)12-13-4-2-1-3-5-13/h1-9,16-17H,10-12H2. The summed E-state index contributed by atoms with van der Waals surface area (Å²) in [4.78, 5) is 0. The lowest BCUT2D eigenvalue weighted by molar-refractivity contribution is 0.311. The van der Waals surface area contributed by atoms with E-state index in [4.69, 9.17) is 5.11 Å². The van der Waals surface area contributed by atoms with Crippen LogP contribution in [0.25, 0.3) is 0 Å². The molecule has 2 aromatic carbocycles. The Bertz CT molecular complexity index is 436. The number of aliphatic hydroxyl groups excluding tert-OH is 1. The summed E-state index contributed by atoms with van der Waals surface area (Å²) in [6.45, 7) is 0.754. The number of hydrogen-bond donors (Lipinski definition) is 2. The maximum absolute atomic E-state index is 8.71. The molecular formula is C15H17NO. The summed E-state index contributed by atoms with van der Waals surface area (Å²) in [7, 11) is 0. The van der Waals surface area contributed by atoms with E-state index in [2.05, 4.69) is 41.7 Å². The van der Waals surface area contributed by atoms with Crippen LogP contribution in [0.2, 0.25) is 0 Å². The van der Waals surface area contributed by atoms with Crippen LogP contribution in [0.3, 0.4) is 0 Å². The van der Waals surface area contributed by atoms with E-state index < -0.39 is 0 Å². The highest BCUT2D eigenvalue weighted by Gasteiger charge is 1.96. The summed E-state index contributed by atoms with van der Waals surface area (Å²) in [6.07, 6.45) is 0.959. The molecule has 0 aromatic heterocycles. The van der Waals surface area contributed by atoms with Crippen LogP contribution in [-0.4, -0.2) is 18.3 Å². The molecule has 0 spiro atoms. The van der Waals surface area contributed by atoms with E-state index >= 15 is 0 Å². The van der Waals surface area contributed by atoms with Crippen molar-refractivity contribution in [3.63, 3.8) is 0 Å². The SMILES string of the molecule is OCCNc1ccc(Cc2ccccc2)cc1. The van der Waals surface area contributed by atoms with Crippen molar-refractivity contribution in [3.8, 4) is 0 Å². The van der Waals surface area contributed by atoms with Gasteiger partial charge in [-0.2, -0.15) is 0 Å². The van der Waals surface area contributed by atoms with Crippen molar-refractivity contribution in [2.24, 2.45) is 0 Å². The number of nitrogens with one attached hydrogen (secondary N) is 1. The molecular weight excluding hydrogens is 210 g/mol. The molecule has 0 atom stereocenters. The molecule has 0 amide bonds. The molecule has 2 nitrogen and oxygen atoms in total. The Morgan fingerprint density at radius 3 is 2.12 bits per heavy atom. The Kier molecular flexibility index (Phi) is 4.17. The monoisotopic (exact) mass is 227 g/mol. The second-order valence-corrected chi connectivity index (χ2v) is 4.01. The van der Waals surface area contributed by atoms with Crippen molar-refractivity contribution >= 4 is 5.69 Å². The van der Waals surface area contributed by atoms with Crippen LogP contribution in [0.5, 0.6) is 0 Å². The van der Waals surface area contributed by atoms with Crippen molar-refractivity contribution in [3.05, 3.63) is 65.7 Å². The number of hydrogen-bond acceptors (Lipinski definition) is 2. The molecule has 2 heteroatoms. The third kappa shape index (κ3) is 3.61. The summed E-state index contributed by atoms with van der Waals surface area (Å²) in [5, 5.41) is 11.8. The quantitative estimate of drug-likeness (QED) is 0.823. The summed E-state index contributed by atoms with van der Waals surface area (Å²) < 4.78 is 0. The van der Waals surface area contributed by atoms with E-state index in [9.17, 15) is 0 Å². The predicted octanol–water partition coefficient (Wildman–Crippen LogP) is 2.68. The maximum Gasteiger partial charge on any atom is 0.0604 e. The average Bonchev–Trinajstić information content (AvgIpc) is 2.39. The Hall–Kier alpha value is -1.80. The third-order valence-electron chi connectivity index (χ3n) is 2.65. The molecule has 88 valence electrons. The first-order chi connectivity index (χ1) is 8.38. The van der Waals surface area contributed by atoms with Gasteiger partial charge in [0.1, 0.15) is 0 Å². The second kappa shape index (κ2) is 6.06. The van der Waals surface area contributed by atoms with Crippen LogP contribution >= 0.6 is 0 Å². The van der Waals surface area contributed by atoms with Crippen molar-refractivity contribution < 1.29 is 5.11 Å². The van der Waals surface area contributed by atoms with E-state index in [1.54, 1.807) is 0 Å². The fourth-order valence-corrected chi connectivity index (χ4v) is 1.77. The number of rotatable bonds is 5. The van der Waals surface area contributed by atoms with Crippen molar-refractivity contribution in [2.45, 2.75) is 6.42 Å². The van der Waals surface area contributed by atoms with Gasteiger partial charge in [0.25, 0.3) is 0 Å². The molecule has 0 fully saturated rings. The molecule has 0 aliphatic rings. The van der Waals surface area contributed by atoms with E-state index in [-0.39, 0.29) is 6.61 Å². The largest absolute Gasteiger partial charge is 0.395 e. The van der Waals surface area contributed by atoms with Gasteiger partial charge in [0, 0.05) is 12.2 Å². The normalized spacial score (nSPS) is 10.2. The smallest absolute Gasteiger partial charge is 0.0604 e. The molecule has 0 bridgehead atoms. The molecule has 0 aliphatic heterocycles. The van der Waals surface area contributed by atoms with Crippen LogP contribution in [0.1, 0.15) is 11.1 Å². The van der Waals surface area contributed by atoms with Gasteiger partial charge in [-0.05, 0) is 29.7 Å². The van der Waals surface area contributed by atoms with Gasteiger partial charge in [0.2, 0.25) is 0 Å². The molecule has 0 unspecified atom stereocenters. The first-order valence-corrected chi connectivity index (χ1v) is 5.86. The minimum absolute atomic E-state index is 0.158. The Morgan fingerprint density at radius 1 is 0.824 bits per heavy atom. The van der Waals surface area contributed by atoms with Gasteiger partial charge in [0.05, 0.1) is 6.61 Å². The lowest BCUT2D eigenvalue weighted by Crippen LogP contribution is -2.05. The molecule has 2 aromatic rings. The first-order valence-electron chi connectivity index (χ1n) is 5.86. The molecule has 0 aliphatic carbocycles. The summed E-state index contributed by atoms with van der Waals surface area (Å²) in [5.41, 5.74) is 3.67.